The molecular weight excluding hydrogens is 242 g/mol. The Kier molecular flexibility index (Phi) is 5.00. The van der Waals surface area contributed by atoms with Gasteiger partial charge in [-0.2, -0.15) is 0 Å². The molecule has 1 aliphatic rings. The topological polar surface area (TPSA) is 52.3 Å². The molecule has 106 valence electrons. The number of nitrogens with zero attached hydrogens (tertiary/aromatic N) is 1. The van der Waals surface area contributed by atoms with Crippen LogP contribution in [0.2, 0.25) is 0 Å². The molecule has 0 aromatic carbocycles. The number of esters is 1. The first-order valence-electron chi connectivity index (χ1n) is 7.28. The first-order valence-corrected chi connectivity index (χ1v) is 7.28. The van der Waals surface area contributed by atoms with Crippen LogP contribution in [0.15, 0.2) is 4.52 Å². The maximum absolute atomic E-state index is 12.0. The van der Waals surface area contributed by atoms with Crippen molar-refractivity contribution >= 4 is 5.97 Å². The molecule has 0 aliphatic heterocycles. The molecule has 1 fully saturated rings. The lowest BCUT2D eigenvalue weighted by atomic mass is 9.98. The molecule has 1 saturated carbocycles. The lowest BCUT2D eigenvalue weighted by Crippen LogP contribution is -2.21. The Morgan fingerprint density at radius 3 is 2.42 bits per heavy atom. The van der Waals surface area contributed by atoms with E-state index in [0.717, 1.165) is 24.1 Å². The molecule has 19 heavy (non-hydrogen) atoms. The maximum atomic E-state index is 12.0. The van der Waals surface area contributed by atoms with E-state index < -0.39 is 0 Å². The molecule has 0 saturated heterocycles. The summed E-state index contributed by atoms with van der Waals surface area (Å²) in [5.41, 5.74) is 1.66. The summed E-state index contributed by atoms with van der Waals surface area (Å²) in [5.74, 6) is 0.562. The molecule has 1 aliphatic carbocycles. The van der Waals surface area contributed by atoms with Gasteiger partial charge in [-0.05, 0) is 39.5 Å². The summed E-state index contributed by atoms with van der Waals surface area (Å²) in [6.07, 6.45) is 8.58. The highest BCUT2D eigenvalue weighted by molar-refractivity contribution is 5.73. The summed E-state index contributed by atoms with van der Waals surface area (Å²) in [6.45, 7) is 3.69. The van der Waals surface area contributed by atoms with Gasteiger partial charge in [0.25, 0.3) is 0 Å². The minimum Gasteiger partial charge on any atom is -0.462 e. The zero-order chi connectivity index (χ0) is 13.7. The van der Waals surface area contributed by atoms with Gasteiger partial charge in [-0.3, -0.25) is 4.79 Å². The van der Waals surface area contributed by atoms with Gasteiger partial charge in [0.1, 0.15) is 11.9 Å². The van der Waals surface area contributed by atoms with Crippen LogP contribution >= 0.6 is 0 Å². The number of hydrogen-bond acceptors (Lipinski definition) is 4. The fraction of sp³-hybridized carbons (Fsp3) is 0.733. The molecule has 4 nitrogen and oxygen atoms in total. The standard InChI is InChI=1S/C15H23NO3/c1-11-14(12(2)19-16-11)10-15(17)18-13-8-6-4-3-5-7-9-13/h13H,3-10H2,1-2H3. The van der Waals surface area contributed by atoms with Crippen molar-refractivity contribution in [1.82, 2.24) is 5.16 Å². The SMILES string of the molecule is Cc1noc(C)c1CC(=O)OC1CCCCCCC1. The van der Waals surface area contributed by atoms with Crippen LogP contribution in [0.1, 0.15) is 62.0 Å². The van der Waals surface area contributed by atoms with Crippen LogP contribution < -0.4 is 0 Å². The van der Waals surface area contributed by atoms with Crippen molar-refractivity contribution in [1.29, 1.82) is 0 Å². The quantitative estimate of drug-likeness (QED) is 0.785. The van der Waals surface area contributed by atoms with Gasteiger partial charge >= 0.3 is 5.97 Å². The second-order valence-corrected chi connectivity index (χ2v) is 5.44. The zero-order valence-electron chi connectivity index (χ0n) is 11.9. The zero-order valence-corrected chi connectivity index (χ0v) is 11.9. The van der Waals surface area contributed by atoms with Crippen molar-refractivity contribution in [3.63, 3.8) is 0 Å². The third-order valence-electron chi connectivity index (χ3n) is 3.85. The van der Waals surface area contributed by atoms with E-state index in [0.29, 0.717) is 5.76 Å². The normalized spacial score (nSPS) is 17.8. The second-order valence-electron chi connectivity index (χ2n) is 5.44. The highest BCUT2D eigenvalue weighted by atomic mass is 16.5. The Morgan fingerprint density at radius 2 is 1.84 bits per heavy atom. The monoisotopic (exact) mass is 265 g/mol. The molecular formula is C15H23NO3. The maximum Gasteiger partial charge on any atom is 0.310 e. The molecule has 0 spiro atoms. The Balaban J connectivity index is 1.86. The summed E-state index contributed by atoms with van der Waals surface area (Å²) >= 11 is 0. The first-order chi connectivity index (χ1) is 9.16. The van der Waals surface area contributed by atoms with Gasteiger partial charge in [-0.15, -0.1) is 0 Å². The molecule has 0 N–H and O–H groups in total. The van der Waals surface area contributed by atoms with Crippen molar-refractivity contribution in [2.24, 2.45) is 0 Å². The van der Waals surface area contributed by atoms with E-state index in [9.17, 15) is 4.79 Å². The second kappa shape index (κ2) is 6.73. The fourth-order valence-electron chi connectivity index (χ4n) is 2.66. The Bertz CT molecular complexity index is 398. The van der Waals surface area contributed by atoms with Crippen LogP contribution in [-0.2, 0) is 16.0 Å². The summed E-state index contributed by atoms with van der Waals surface area (Å²) in [4.78, 5) is 12.0. The van der Waals surface area contributed by atoms with E-state index in [1.165, 1.54) is 32.1 Å². The van der Waals surface area contributed by atoms with Crippen molar-refractivity contribution in [2.45, 2.75) is 71.3 Å². The van der Waals surface area contributed by atoms with Crippen molar-refractivity contribution in [2.75, 3.05) is 0 Å². The average Bonchev–Trinajstić information content (AvgIpc) is 2.64. The Labute approximate surface area is 114 Å². The minimum absolute atomic E-state index is 0.105. The van der Waals surface area contributed by atoms with Gasteiger partial charge < -0.3 is 9.26 Å². The highest BCUT2D eigenvalue weighted by Crippen LogP contribution is 2.20. The number of carbonyl (C=O) groups is 1. The number of carbonyl (C=O) groups excluding carboxylic acids is 1. The predicted molar refractivity (Wildman–Crippen MR) is 71.9 cm³/mol. The van der Waals surface area contributed by atoms with Crippen LogP contribution in [0, 0.1) is 13.8 Å². The van der Waals surface area contributed by atoms with Crippen LogP contribution in [-0.4, -0.2) is 17.2 Å². The van der Waals surface area contributed by atoms with Crippen LogP contribution in [0.5, 0.6) is 0 Å². The molecule has 0 radical (unpaired) electrons. The van der Waals surface area contributed by atoms with Crippen LogP contribution in [0.25, 0.3) is 0 Å². The molecule has 0 amide bonds. The average molecular weight is 265 g/mol. The molecule has 1 aromatic rings. The van der Waals surface area contributed by atoms with E-state index in [4.69, 9.17) is 9.26 Å². The van der Waals surface area contributed by atoms with Gasteiger partial charge in [0, 0.05) is 5.56 Å². The van der Waals surface area contributed by atoms with E-state index in [1.807, 2.05) is 13.8 Å². The van der Waals surface area contributed by atoms with E-state index >= 15 is 0 Å². The first kappa shape index (κ1) is 14.1. The number of rotatable bonds is 3. The lowest BCUT2D eigenvalue weighted by Gasteiger charge is -2.20. The largest absolute Gasteiger partial charge is 0.462 e. The molecule has 0 unspecified atom stereocenters. The summed E-state index contributed by atoms with van der Waals surface area (Å²) < 4.78 is 10.7. The number of aryl methyl sites for hydroxylation is 2. The summed E-state index contributed by atoms with van der Waals surface area (Å²) in [7, 11) is 0. The van der Waals surface area contributed by atoms with Crippen LogP contribution in [0.3, 0.4) is 0 Å². The molecule has 0 atom stereocenters. The molecule has 2 rings (SSSR count). The van der Waals surface area contributed by atoms with Gasteiger partial charge in [-0.1, -0.05) is 24.4 Å². The van der Waals surface area contributed by atoms with E-state index in [1.54, 1.807) is 0 Å². The molecule has 0 bridgehead atoms. The van der Waals surface area contributed by atoms with Gasteiger partial charge in [-0.25, -0.2) is 0 Å². The summed E-state index contributed by atoms with van der Waals surface area (Å²) in [6, 6.07) is 0. The number of ether oxygens (including phenoxy) is 1. The summed E-state index contributed by atoms with van der Waals surface area (Å²) in [5, 5.41) is 3.86. The smallest absolute Gasteiger partial charge is 0.310 e. The molecule has 1 aromatic heterocycles. The third-order valence-corrected chi connectivity index (χ3v) is 3.85. The van der Waals surface area contributed by atoms with Crippen LogP contribution in [0.4, 0.5) is 0 Å². The number of aromatic nitrogens is 1. The highest BCUT2D eigenvalue weighted by Gasteiger charge is 2.19. The Hall–Kier alpha value is -1.32. The predicted octanol–water partition coefficient (Wildman–Crippen LogP) is 3.49. The molecule has 1 heterocycles. The van der Waals surface area contributed by atoms with Gasteiger partial charge in [0.05, 0.1) is 12.1 Å². The van der Waals surface area contributed by atoms with Crippen molar-refractivity contribution < 1.29 is 14.1 Å². The Morgan fingerprint density at radius 1 is 1.21 bits per heavy atom. The minimum atomic E-state index is -0.153. The van der Waals surface area contributed by atoms with E-state index in [2.05, 4.69) is 5.16 Å². The number of hydrogen-bond donors (Lipinski definition) is 0. The van der Waals surface area contributed by atoms with Gasteiger partial charge in [0.15, 0.2) is 0 Å². The van der Waals surface area contributed by atoms with Crippen molar-refractivity contribution in [3.05, 3.63) is 17.0 Å². The third kappa shape index (κ3) is 4.08. The lowest BCUT2D eigenvalue weighted by molar-refractivity contribution is -0.149. The van der Waals surface area contributed by atoms with Crippen molar-refractivity contribution in [3.8, 4) is 0 Å². The van der Waals surface area contributed by atoms with Gasteiger partial charge in [0.2, 0.25) is 0 Å². The van der Waals surface area contributed by atoms with E-state index in [-0.39, 0.29) is 18.5 Å². The molecule has 4 heteroatoms. The fourth-order valence-corrected chi connectivity index (χ4v) is 2.66.